The molecule has 27 heavy (non-hydrogen) atoms. The number of hydrogen-bond acceptors (Lipinski definition) is 3. The number of halogens is 1. The van der Waals surface area contributed by atoms with E-state index in [0.29, 0.717) is 17.0 Å². The average Bonchev–Trinajstić information content (AvgIpc) is 2.67. The lowest BCUT2D eigenvalue weighted by Gasteiger charge is -2.43. The lowest BCUT2D eigenvalue weighted by Crippen LogP contribution is -2.54. The Morgan fingerprint density at radius 3 is 2.89 bits per heavy atom. The lowest BCUT2D eigenvalue weighted by molar-refractivity contribution is -0.135. The second-order valence-electron chi connectivity index (χ2n) is 7.17. The van der Waals surface area contributed by atoms with Gasteiger partial charge in [0.25, 0.3) is 5.91 Å². The Morgan fingerprint density at radius 2 is 2.11 bits per heavy atom. The van der Waals surface area contributed by atoms with Crippen molar-refractivity contribution in [3.8, 4) is 0 Å². The first kappa shape index (κ1) is 19.9. The molecular formula is C21H27FN2O2S. The van der Waals surface area contributed by atoms with Gasteiger partial charge in [-0.2, -0.15) is 0 Å². The second kappa shape index (κ2) is 9.40. The van der Waals surface area contributed by atoms with Crippen LogP contribution in [0, 0.1) is 5.82 Å². The Hall–Kier alpha value is -1.82. The van der Waals surface area contributed by atoms with Crippen LogP contribution in [0.5, 0.6) is 0 Å². The highest BCUT2D eigenvalue weighted by molar-refractivity contribution is 8.04. The minimum atomic E-state index is -0.340. The third-order valence-corrected chi connectivity index (χ3v) is 6.58. The Kier molecular flexibility index (Phi) is 6.94. The van der Waals surface area contributed by atoms with Crippen LogP contribution in [0.2, 0.25) is 0 Å². The van der Waals surface area contributed by atoms with E-state index < -0.39 is 0 Å². The number of hydrogen-bond donors (Lipinski definition) is 1. The van der Waals surface area contributed by atoms with E-state index in [1.807, 2.05) is 0 Å². The van der Waals surface area contributed by atoms with Gasteiger partial charge in [0.1, 0.15) is 12.4 Å². The molecule has 0 spiro atoms. The van der Waals surface area contributed by atoms with E-state index >= 15 is 0 Å². The number of benzene rings is 1. The number of nitrogens with zero attached hydrogens (tertiary/aromatic N) is 1. The summed E-state index contributed by atoms with van der Waals surface area (Å²) in [4.78, 5) is 27.7. The number of unbranched alkanes of at least 4 members (excludes halogenated alkanes) is 1. The summed E-state index contributed by atoms with van der Waals surface area (Å²) in [5, 5.41) is 3.18. The maximum atomic E-state index is 14.0. The van der Waals surface area contributed by atoms with Crippen LogP contribution in [0.15, 0.2) is 29.2 Å². The fraction of sp³-hybridized carbons (Fsp3) is 0.524. The first-order chi connectivity index (χ1) is 13.1. The molecular weight excluding hydrogens is 363 g/mol. The van der Waals surface area contributed by atoms with Crippen molar-refractivity contribution in [2.45, 2.75) is 56.7 Å². The summed E-state index contributed by atoms with van der Waals surface area (Å²) >= 11 is 1.55. The Labute approximate surface area is 164 Å². The monoisotopic (exact) mass is 390 g/mol. The third kappa shape index (κ3) is 4.92. The molecule has 1 aromatic carbocycles. The zero-order chi connectivity index (χ0) is 19.2. The average molecular weight is 391 g/mol. The second-order valence-corrected chi connectivity index (χ2v) is 8.46. The van der Waals surface area contributed by atoms with Gasteiger partial charge in [0.05, 0.1) is 4.91 Å². The molecule has 2 atom stereocenters. The fourth-order valence-electron chi connectivity index (χ4n) is 3.71. The van der Waals surface area contributed by atoms with Gasteiger partial charge in [0.15, 0.2) is 0 Å². The van der Waals surface area contributed by atoms with Crippen molar-refractivity contribution in [2.24, 2.45) is 0 Å². The first-order valence-electron chi connectivity index (χ1n) is 9.80. The van der Waals surface area contributed by atoms with Crippen LogP contribution >= 0.6 is 11.8 Å². The molecule has 6 heteroatoms. The number of carbonyl (C=O) groups is 2. The molecule has 1 aromatic rings. The summed E-state index contributed by atoms with van der Waals surface area (Å²) in [7, 11) is 0. The summed E-state index contributed by atoms with van der Waals surface area (Å²) in [6, 6.07) is 6.55. The molecule has 0 aromatic heterocycles. The summed E-state index contributed by atoms with van der Waals surface area (Å²) < 4.78 is 14.0. The largest absolute Gasteiger partial charge is 0.355 e. The zero-order valence-corrected chi connectivity index (χ0v) is 16.6. The van der Waals surface area contributed by atoms with E-state index in [-0.39, 0.29) is 35.5 Å². The topological polar surface area (TPSA) is 49.4 Å². The maximum Gasteiger partial charge on any atom is 0.261 e. The molecule has 2 aliphatic rings. The lowest BCUT2D eigenvalue weighted by atomic mass is 9.93. The number of amides is 2. The van der Waals surface area contributed by atoms with Crippen molar-refractivity contribution in [3.63, 3.8) is 0 Å². The van der Waals surface area contributed by atoms with Crippen LogP contribution < -0.4 is 5.32 Å². The predicted molar refractivity (Wildman–Crippen MR) is 108 cm³/mol. The smallest absolute Gasteiger partial charge is 0.261 e. The molecule has 1 N–H and O–H groups in total. The van der Waals surface area contributed by atoms with Crippen LogP contribution in [-0.4, -0.2) is 41.1 Å². The van der Waals surface area contributed by atoms with E-state index in [2.05, 4.69) is 12.2 Å². The van der Waals surface area contributed by atoms with Gasteiger partial charge in [-0.1, -0.05) is 44.4 Å². The normalized spacial score (nSPS) is 24.0. The standard InChI is InChI=1S/C21H27FN2O2S/c1-2-3-12-23-20(25)14-24-17-10-6-7-11-18(17)27-19(21(24)26)13-15-8-4-5-9-16(15)22/h4-5,8-9,13,17-18H,2-3,6-7,10-12,14H2,1H3,(H,23,25)/b19-13-. The summed E-state index contributed by atoms with van der Waals surface area (Å²) in [5.41, 5.74) is 0.412. The van der Waals surface area contributed by atoms with Crippen molar-refractivity contribution in [1.82, 2.24) is 10.2 Å². The van der Waals surface area contributed by atoms with E-state index in [4.69, 9.17) is 0 Å². The molecule has 2 fully saturated rings. The van der Waals surface area contributed by atoms with E-state index in [9.17, 15) is 14.0 Å². The highest BCUT2D eigenvalue weighted by Crippen LogP contribution is 2.42. The summed E-state index contributed by atoms with van der Waals surface area (Å²) in [6.07, 6.45) is 7.74. The van der Waals surface area contributed by atoms with Gasteiger partial charge in [-0.15, -0.1) is 11.8 Å². The molecule has 4 nitrogen and oxygen atoms in total. The number of thioether (sulfide) groups is 1. The van der Waals surface area contributed by atoms with Gasteiger partial charge in [-0.05, 0) is 31.4 Å². The molecule has 2 amide bonds. The minimum Gasteiger partial charge on any atom is -0.355 e. The van der Waals surface area contributed by atoms with Crippen LogP contribution in [0.3, 0.4) is 0 Å². The van der Waals surface area contributed by atoms with Gasteiger partial charge < -0.3 is 10.2 Å². The van der Waals surface area contributed by atoms with Crippen molar-refractivity contribution in [1.29, 1.82) is 0 Å². The van der Waals surface area contributed by atoms with Crippen molar-refractivity contribution < 1.29 is 14.0 Å². The molecule has 1 aliphatic carbocycles. The molecule has 1 heterocycles. The van der Waals surface area contributed by atoms with Crippen molar-refractivity contribution >= 4 is 29.7 Å². The first-order valence-corrected chi connectivity index (χ1v) is 10.7. The van der Waals surface area contributed by atoms with E-state index in [0.717, 1.165) is 38.5 Å². The zero-order valence-electron chi connectivity index (χ0n) is 15.7. The number of fused-ring (bicyclic) bond motifs is 1. The highest BCUT2D eigenvalue weighted by Gasteiger charge is 2.41. The SMILES string of the molecule is CCCCNC(=O)CN1C(=O)/C(=C/c2ccccc2F)SC2CCCCC21. The molecule has 0 bridgehead atoms. The highest BCUT2D eigenvalue weighted by atomic mass is 32.2. The quantitative estimate of drug-likeness (QED) is 0.591. The van der Waals surface area contributed by atoms with Crippen LogP contribution in [0.4, 0.5) is 4.39 Å². The Morgan fingerprint density at radius 1 is 1.33 bits per heavy atom. The molecule has 1 aliphatic heterocycles. The number of carbonyl (C=O) groups excluding carboxylic acids is 2. The molecule has 1 saturated carbocycles. The third-order valence-electron chi connectivity index (χ3n) is 5.18. The predicted octanol–water partition coefficient (Wildman–Crippen LogP) is 3.97. The van der Waals surface area contributed by atoms with E-state index in [1.54, 1.807) is 40.9 Å². The maximum absolute atomic E-state index is 14.0. The van der Waals surface area contributed by atoms with Gasteiger partial charge >= 0.3 is 0 Å². The summed E-state index contributed by atoms with van der Waals surface area (Å²) in [6.45, 7) is 2.79. The van der Waals surface area contributed by atoms with Crippen LogP contribution in [0.25, 0.3) is 6.08 Å². The van der Waals surface area contributed by atoms with Crippen molar-refractivity contribution in [2.75, 3.05) is 13.1 Å². The van der Waals surface area contributed by atoms with Gasteiger partial charge in [0, 0.05) is 23.4 Å². The van der Waals surface area contributed by atoms with Crippen molar-refractivity contribution in [3.05, 3.63) is 40.6 Å². The van der Waals surface area contributed by atoms with Gasteiger partial charge in [-0.25, -0.2) is 4.39 Å². The Bertz CT molecular complexity index is 722. The van der Waals surface area contributed by atoms with Gasteiger partial charge in [-0.3, -0.25) is 9.59 Å². The van der Waals surface area contributed by atoms with E-state index in [1.165, 1.54) is 6.07 Å². The molecule has 146 valence electrons. The number of nitrogens with one attached hydrogen (secondary N) is 1. The minimum absolute atomic E-state index is 0.0822. The fourth-order valence-corrected chi connectivity index (χ4v) is 5.17. The number of rotatable bonds is 6. The van der Waals surface area contributed by atoms with Crippen LogP contribution in [-0.2, 0) is 9.59 Å². The Balaban J connectivity index is 1.80. The molecule has 3 rings (SSSR count). The molecule has 1 saturated heterocycles. The van der Waals surface area contributed by atoms with Gasteiger partial charge in [0.2, 0.25) is 5.91 Å². The molecule has 0 radical (unpaired) electrons. The van der Waals surface area contributed by atoms with Crippen LogP contribution in [0.1, 0.15) is 51.0 Å². The molecule has 2 unspecified atom stereocenters. The summed E-state index contributed by atoms with van der Waals surface area (Å²) in [5.74, 6) is -0.608.